The molecule has 1 atom stereocenters. The van der Waals surface area contributed by atoms with Crippen LogP contribution >= 0.6 is 0 Å². The highest BCUT2D eigenvalue weighted by Gasteiger charge is 2.35. The van der Waals surface area contributed by atoms with E-state index < -0.39 is 21.3 Å². The first-order valence-electron chi connectivity index (χ1n) is 5.11. The van der Waals surface area contributed by atoms with E-state index >= 15 is 0 Å². The van der Waals surface area contributed by atoms with Gasteiger partial charge in [-0.15, -0.1) is 0 Å². The molecular weight excluding hydrogens is 214 g/mol. The monoisotopic (exact) mass is 231 g/mol. The molecule has 1 rings (SSSR count). The van der Waals surface area contributed by atoms with Crippen LogP contribution in [-0.4, -0.2) is 36.3 Å². The lowest BCUT2D eigenvalue weighted by Crippen LogP contribution is -2.43. The second-order valence-electron chi connectivity index (χ2n) is 3.86. The van der Waals surface area contributed by atoms with Crippen molar-refractivity contribution in [3.05, 3.63) is 12.2 Å². The van der Waals surface area contributed by atoms with Crippen molar-refractivity contribution < 1.29 is 13.2 Å². The second-order valence-corrected chi connectivity index (χ2v) is 6.30. The van der Waals surface area contributed by atoms with Crippen molar-refractivity contribution in [3.8, 4) is 0 Å². The standard InChI is InChI=1S/C10H17NO3S/c1-4-10(12)9-6-5-7-11(9)15(13,14)8(2)3/h5-6,8-9H,4,7H2,1-3H3/t9-/m0/s1. The van der Waals surface area contributed by atoms with E-state index in [-0.39, 0.29) is 5.78 Å². The lowest BCUT2D eigenvalue weighted by atomic mass is 10.1. The predicted octanol–water partition coefficient (Wildman–Crippen LogP) is 0.944. The molecule has 0 amide bonds. The summed E-state index contributed by atoms with van der Waals surface area (Å²) in [5.41, 5.74) is 0. The first-order chi connectivity index (χ1) is 6.91. The largest absolute Gasteiger partial charge is 0.298 e. The van der Waals surface area contributed by atoms with Crippen molar-refractivity contribution >= 4 is 15.8 Å². The highest BCUT2D eigenvalue weighted by Crippen LogP contribution is 2.19. The van der Waals surface area contributed by atoms with E-state index in [0.717, 1.165) is 0 Å². The normalized spacial score (nSPS) is 22.5. The van der Waals surface area contributed by atoms with E-state index in [2.05, 4.69) is 0 Å². The molecule has 0 N–H and O–H groups in total. The van der Waals surface area contributed by atoms with Gasteiger partial charge in [0.25, 0.3) is 0 Å². The Kier molecular flexibility index (Phi) is 3.67. The van der Waals surface area contributed by atoms with Gasteiger partial charge in [0.1, 0.15) is 6.04 Å². The number of sulfonamides is 1. The van der Waals surface area contributed by atoms with Crippen molar-refractivity contribution in [2.24, 2.45) is 0 Å². The molecule has 0 aromatic rings. The summed E-state index contributed by atoms with van der Waals surface area (Å²) in [4.78, 5) is 11.5. The molecule has 0 fully saturated rings. The molecule has 0 aliphatic carbocycles. The van der Waals surface area contributed by atoms with Crippen LogP contribution in [0.25, 0.3) is 0 Å². The molecule has 0 radical (unpaired) electrons. The summed E-state index contributed by atoms with van der Waals surface area (Å²) in [6, 6.07) is -0.581. The summed E-state index contributed by atoms with van der Waals surface area (Å²) in [5, 5.41) is -0.482. The molecule has 0 aromatic carbocycles. The molecule has 1 heterocycles. The van der Waals surface area contributed by atoms with Crippen molar-refractivity contribution in [3.63, 3.8) is 0 Å². The van der Waals surface area contributed by atoms with Crippen LogP contribution in [0.3, 0.4) is 0 Å². The fourth-order valence-corrected chi connectivity index (χ4v) is 2.85. The van der Waals surface area contributed by atoms with Crippen LogP contribution in [0.1, 0.15) is 27.2 Å². The number of rotatable bonds is 4. The molecule has 0 spiro atoms. The van der Waals surface area contributed by atoms with Gasteiger partial charge in [-0.2, -0.15) is 4.31 Å². The van der Waals surface area contributed by atoms with Gasteiger partial charge in [-0.1, -0.05) is 19.1 Å². The van der Waals surface area contributed by atoms with Crippen LogP contribution in [0, 0.1) is 0 Å². The third-order valence-corrected chi connectivity index (χ3v) is 4.74. The number of hydrogen-bond acceptors (Lipinski definition) is 3. The number of carbonyl (C=O) groups is 1. The molecule has 1 aliphatic heterocycles. The van der Waals surface area contributed by atoms with E-state index in [9.17, 15) is 13.2 Å². The number of ketones is 1. The second kappa shape index (κ2) is 4.45. The van der Waals surface area contributed by atoms with E-state index in [0.29, 0.717) is 13.0 Å². The Morgan fingerprint density at radius 2 is 2.13 bits per heavy atom. The molecule has 1 aliphatic rings. The topological polar surface area (TPSA) is 54.5 Å². The smallest absolute Gasteiger partial charge is 0.217 e. The minimum Gasteiger partial charge on any atom is -0.298 e. The number of carbonyl (C=O) groups excluding carboxylic acids is 1. The van der Waals surface area contributed by atoms with Gasteiger partial charge in [0, 0.05) is 13.0 Å². The van der Waals surface area contributed by atoms with E-state index in [1.165, 1.54) is 4.31 Å². The molecule has 0 saturated carbocycles. The fraction of sp³-hybridized carbons (Fsp3) is 0.700. The summed E-state index contributed by atoms with van der Waals surface area (Å²) < 4.78 is 25.1. The zero-order chi connectivity index (χ0) is 11.6. The molecular formula is C10H17NO3S. The Labute approximate surface area is 91.0 Å². The highest BCUT2D eigenvalue weighted by molar-refractivity contribution is 7.89. The van der Waals surface area contributed by atoms with Crippen molar-refractivity contribution in [2.75, 3.05) is 6.54 Å². The minimum atomic E-state index is -3.33. The zero-order valence-corrected chi connectivity index (χ0v) is 10.1. The van der Waals surface area contributed by atoms with Gasteiger partial charge < -0.3 is 0 Å². The average Bonchev–Trinajstić information content (AvgIpc) is 2.65. The summed E-state index contributed by atoms with van der Waals surface area (Å²) >= 11 is 0. The maximum absolute atomic E-state index is 11.9. The molecule has 5 heteroatoms. The molecule has 0 unspecified atom stereocenters. The summed E-state index contributed by atoms with van der Waals surface area (Å²) in [7, 11) is -3.33. The minimum absolute atomic E-state index is 0.0482. The number of nitrogens with zero attached hydrogens (tertiary/aromatic N) is 1. The van der Waals surface area contributed by atoms with Gasteiger partial charge in [-0.25, -0.2) is 8.42 Å². The fourth-order valence-electron chi connectivity index (χ4n) is 1.51. The van der Waals surface area contributed by atoms with Gasteiger partial charge in [0.05, 0.1) is 5.25 Å². The lowest BCUT2D eigenvalue weighted by molar-refractivity contribution is -0.120. The van der Waals surface area contributed by atoms with E-state index in [1.54, 1.807) is 32.9 Å². The van der Waals surface area contributed by atoms with E-state index in [1.807, 2.05) is 0 Å². The van der Waals surface area contributed by atoms with Gasteiger partial charge in [0.2, 0.25) is 10.0 Å². The van der Waals surface area contributed by atoms with Crippen LogP contribution < -0.4 is 0 Å². The predicted molar refractivity (Wildman–Crippen MR) is 59.0 cm³/mol. The van der Waals surface area contributed by atoms with Gasteiger partial charge in [0.15, 0.2) is 5.78 Å². The van der Waals surface area contributed by atoms with Crippen LogP contribution in [0.2, 0.25) is 0 Å². The molecule has 86 valence electrons. The molecule has 15 heavy (non-hydrogen) atoms. The SMILES string of the molecule is CCC(=O)[C@@H]1C=CCN1S(=O)(=O)C(C)C. The quantitative estimate of drug-likeness (QED) is 0.677. The Bertz CT molecular complexity index is 370. The molecule has 4 nitrogen and oxygen atoms in total. The third-order valence-electron chi connectivity index (χ3n) is 2.51. The Balaban J connectivity index is 2.94. The Hall–Kier alpha value is -0.680. The molecule has 0 aromatic heterocycles. The summed E-state index contributed by atoms with van der Waals surface area (Å²) in [6.07, 6.45) is 3.77. The van der Waals surface area contributed by atoms with Gasteiger partial charge >= 0.3 is 0 Å². The Morgan fingerprint density at radius 3 is 2.60 bits per heavy atom. The van der Waals surface area contributed by atoms with Gasteiger partial charge in [-0.3, -0.25) is 4.79 Å². The Morgan fingerprint density at radius 1 is 1.53 bits per heavy atom. The zero-order valence-electron chi connectivity index (χ0n) is 9.30. The number of hydrogen-bond donors (Lipinski definition) is 0. The molecule has 0 bridgehead atoms. The average molecular weight is 231 g/mol. The van der Waals surface area contributed by atoms with Crippen molar-refractivity contribution in [1.82, 2.24) is 4.31 Å². The maximum Gasteiger partial charge on any atom is 0.217 e. The van der Waals surface area contributed by atoms with Gasteiger partial charge in [-0.05, 0) is 13.8 Å². The maximum atomic E-state index is 11.9. The summed E-state index contributed by atoms with van der Waals surface area (Å²) in [6.45, 7) is 5.31. The van der Waals surface area contributed by atoms with E-state index in [4.69, 9.17) is 0 Å². The van der Waals surface area contributed by atoms with Crippen LogP contribution in [0.4, 0.5) is 0 Å². The summed E-state index contributed by atoms with van der Waals surface area (Å²) in [5.74, 6) is -0.0482. The first-order valence-corrected chi connectivity index (χ1v) is 6.61. The highest BCUT2D eigenvalue weighted by atomic mass is 32.2. The van der Waals surface area contributed by atoms with Crippen LogP contribution in [-0.2, 0) is 14.8 Å². The number of Topliss-reactive ketones (excluding diaryl/α,β-unsaturated/α-hetero) is 1. The van der Waals surface area contributed by atoms with Crippen LogP contribution in [0.15, 0.2) is 12.2 Å². The first kappa shape index (κ1) is 12.4. The third kappa shape index (κ3) is 2.29. The van der Waals surface area contributed by atoms with Crippen molar-refractivity contribution in [2.45, 2.75) is 38.5 Å². The van der Waals surface area contributed by atoms with Crippen LogP contribution in [0.5, 0.6) is 0 Å². The van der Waals surface area contributed by atoms with Crippen molar-refractivity contribution in [1.29, 1.82) is 0 Å². The molecule has 0 saturated heterocycles. The lowest BCUT2D eigenvalue weighted by Gasteiger charge is -2.24.